The highest BCUT2D eigenvalue weighted by Crippen LogP contribution is 2.15. The molecule has 0 saturated carbocycles. The Bertz CT molecular complexity index is 605. The molecule has 0 saturated heterocycles. The average molecular weight is 260 g/mol. The van der Waals surface area contributed by atoms with E-state index in [0.29, 0.717) is 18.1 Å². The Hall–Kier alpha value is -1.76. The molecule has 0 unspecified atom stereocenters. The molecule has 0 fully saturated rings. The number of nitrogens with two attached hydrogens (primary N) is 1. The Morgan fingerprint density at radius 1 is 1.44 bits per heavy atom. The van der Waals surface area contributed by atoms with E-state index in [4.69, 9.17) is 17.3 Å². The second-order valence-electron chi connectivity index (χ2n) is 3.94. The average Bonchev–Trinajstić information content (AvgIpc) is 2.69. The van der Waals surface area contributed by atoms with Gasteiger partial charge in [-0.1, -0.05) is 35.6 Å². The molecule has 18 heavy (non-hydrogen) atoms. The zero-order valence-electron chi connectivity index (χ0n) is 10.2. The third-order valence-electron chi connectivity index (χ3n) is 2.64. The van der Waals surface area contributed by atoms with Gasteiger partial charge in [-0.15, -0.1) is 0 Å². The first-order valence-electron chi connectivity index (χ1n) is 5.66. The SMILES string of the molecule is Cc1c(Cl)cnn1Cc1cccc(C#CCN)c1. The van der Waals surface area contributed by atoms with Crippen LogP contribution in [0, 0.1) is 18.8 Å². The van der Waals surface area contributed by atoms with E-state index in [2.05, 4.69) is 16.9 Å². The predicted molar refractivity (Wildman–Crippen MR) is 73.5 cm³/mol. The van der Waals surface area contributed by atoms with Gasteiger partial charge in [0.05, 0.1) is 30.0 Å². The minimum Gasteiger partial charge on any atom is -0.320 e. The van der Waals surface area contributed by atoms with Gasteiger partial charge in [-0.25, -0.2) is 0 Å². The molecule has 1 aromatic carbocycles. The van der Waals surface area contributed by atoms with Crippen LogP contribution in [0.25, 0.3) is 0 Å². The van der Waals surface area contributed by atoms with Gasteiger partial charge in [-0.3, -0.25) is 4.68 Å². The molecular weight excluding hydrogens is 246 g/mol. The Morgan fingerprint density at radius 3 is 2.94 bits per heavy atom. The molecule has 0 spiro atoms. The fourth-order valence-corrected chi connectivity index (χ4v) is 1.80. The summed E-state index contributed by atoms with van der Waals surface area (Å²) in [6.07, 6.45) is 1.66. The highest BCUT2D eigenvalue weighted by atomic mass is 35.5. The van der Waals surface area contributed by atoms with Gasteiger partial charge in [0.1, 0.15) is 0 Å². The Balaban J connectivity index is 2.22. The second kappa shape index (κ2) is 5.72. The van der Waals surface area contributed by atoms with Crippen LogP contribution < -0.4 is 5.73 Å². The van der Waals surface area contributed by atoms with E-state index in [1.54, 1.807) is 6.20 Å². The lowest BCUT2D eigenvalue weighted by molar-refractivity contribution is 0.665. The standard InChI is InChI=1S/C14H14ClN3/c1-11-14(15)9-17-18(11)10-13-5-2-4-12(8-13)6-3-7-16/h2,4-5,8-9H,7,10,16H2,1H3. The molecule has 2 N–H and O–H groups in total. The van der Waals surface area contributed by atoms with Gasteiger partial charge in [0.25, 0.3) is 0 Å². The number of aromatic nitrogens is 2. The smallest absolute Gasteiger partial charge is 0.0815 e. The van der Waals surface area contributed by atoms with Crippen LogP contribution in [0.1, 0.15) is 16.8 Å². The van der Waals surface area contributed by atoms with E-state index in [1.807, 2.05) is 35.9 Å². The van der Waals surface area contributed by atoms with Crippen molar-refractivity contribution >= 4 is 11.6 Å². The van der Waals surface area contributed by atoms with Gasteiger partial charge in [-0.05, 0) is 24.6 Å². The zero-order chi connectivity index (χ0) is 13.0. The van der Waals surface area contributed by atoms with Crippen molar-refractivity contribution in [1.82, 2.24) is 9.78 Å². The lowest BCUT2D eigenvalue weighted by Crippen LogP contribution is -2.03. The van der Waals surface area contributed by atoms with Gasteiger partial charge in [0.2, 0.25) is 0 Å². The van der Waals surface area contributed by atoms with Gasteiger partial charge in [-0.2, -0.15) is 5.10 Å². The molecule has 3 nitrogen and oxygen atoms in total. The largest absolute Gasteiger partial charge is 0.320 e. The van der Waals surface area contributed by atoms with Crippen LogP contribution in [0.4, 0.5) is 0 Å². The molecule has 0 bridgehead atoms. The summed E-state index contributed by atoms with van der Waals surface area (Å²) in [6, 6.07) is 8.03. The maximum atomic E-state index is 5.98. The second-order valence-corrected chi connectivity index (χ2v) is 4.35. The lowest BCUT2D eigenvalue weighted by atomic mass is 10.1. The highest BCUT2D eigenvalue weighted by molar-refractivity contribution is 6.31. The van der Waals surface area contributed by atoms with Gasteiger partial charge >= 0.3 is 0 Å². The van der Waals surface area contributed by atoms with Crippen molar-refractivity contribution < 1.29 is 0 Å². The molecule has 0 amide bonds. The van der Waals surface area contributed by atoms with Crippen molar-refractivity contribution in [3.63, 3.8) is 0 Å². The van der Waals surface area contributed by atoms with Crippen LogP contribution in [0.15, 0.2) is 30.5 Å². The summed E-state index contributed by atoms with van der Waals surface area (Å²) in [7, 11) is 0. The Kier molecular flexibility index (Phi) is 4.03. The molecule has 0 atom stereocenters. The fourth-order valence-electron chi connectivity index (χ4n) is 1.66. The van der Waals surface area contributed by atoms with Crippen LogP contribution in [0.3, 0.4) is 0 Å². The van der Waals surface area contributed by atoms with E-state index < -0.39 is 0 Å². The van der Waals surface area contributed by atoms with Crippen LogP contribution in [0.2, 0.25) is 5.02 Å². The van der Waals surface area contributed by atoms with Gasteiger partial charge in [0, 0.05) is 5.56 Å². The van der Waals surface area contributed by atoms with Crippen molar-refractivity contribution in [2.24, 2.45) is 5.73 Å². The van der Waals surface area contributed by atoms with Crippen molar-refractivity contribution in [2.45, 2.75) is 13.5 Å². The number of hydrogen-bond acceptors (Lipinski definition) is 2. The molecular formula is C14H14ClN3. The van der Waals surface area contributed by atoms with Crippen molar-refractivity contribution in [3.05, 3.63) is 52.3 Å². The molecule has 0 aliphatic heterocycles. The predicted octanol–water partition coefficient (Wildman–Crippen LogP) is 2.20. The van der Waals surface area contributed by atoms with Crippen LogP contribution in [-0.4, -0.2) is 16.3 Å². The monoisotopic (exact) mass is 259 g/mol. The first kappa shape index (κ1) is 12.7. The topological polar surface area (TPSA) is 43.8 Å². The van der Waals surface area contributed by atoms with E-state index in [9.17, 15) is 0 Å². The minimum absolute atomic E-state index is 0.373. The Labute approximate surface area is 112 Å². The van der Waals surface area contributed by atoms with Crippen LogP contribution in [0.5, 0.6) is 0 Å². The van der Waals surface area contributed by atoms with Gasteiger partial charge < -0.3 is 5.73 Å². The first-order valence-corrected chi connectivity index (χ1v) is 6.04. The van der Waals surface area contributed by atoms with Crippen molar-refractivity contribution in [1.29, 1.82) is 0 Å². The van der Waals surface area contributed by atoms with Crippen molar-refractivity contribution in [3.8, 4) is 11.8 Å². The summed E-state index contributed by atoms with van der Waals surface area (Å²) in [5.74, 6) is 5.86. The lowest BCUT2D eigenvalue weighted by Gasteiger charge is -2.05. The first-order chi connectivity index (χ1) is 8.70. The third-order valence-corrected chi connectivity index (χ3v) is 3.01. The van der Waals surface area contributed by atoms with Gasteiger partial charge in [0.15, 0.2) is 0 Å². The molecule has 92 valence electrons. The summed E-state index contributed by atoms with van der Waals surface area (Å²) < 4.78 is 1.87. The summed E-state index contributed by atoms with van der Waals surface area (Å²) in [6.45, 7) is 3.02. The van der Waals surface area contributed by atoms with E-state index >= 15 is 0 Å². The van der Waals surface area contributed by atoms with E-state index in [-0.39, 0.29) is 0 Å². The summed E-state index contributed by atoms with van der Waals surface area (Å²) in [4.78, 5) is 0. The third kappa shape index (κ3) is 2.92. The molecule has 0 aliphatic carbocycles. The fraction of sp³-hybridized carbons (Fsp3) is 0.214. The number of halogens is 1. The van der Waals surface area contributed by atoms with E-state index in [1.165, 1.54) is 0 Å². The molecule has 0 radical (unpaired) electrons. The summed E-state index contributed by atoms with van der Waals surface area (Å²) >= 11 is 5.98. The van der Waals surface area contributed by atoms with Crippen LogP contribution >= 0.6 is 11.6 Å². The Morgan fingerprint density at radius 2 is 2.28 bits per heavy atom. The highest BCUT2D eigenvalue weighted by Gasteiger charge is 2.04. The number of hydrogen-bond donors (Lipinski definition) is 1. The van der Waals surface area contributed by atoms with E-state index in [0.717, 1.165) is 16.8 Å². The quantitative estimate of drug-likeness (QED) is 0.841. The molecule has 2 aromatic rings. The molecule has 4 heteroatoms. The summed E-state index contributed by atoms with van der Waals surface area (Å²) in [5, 5.41) is 4.92. The minimum atomic E-state index is 0.373. The zero-order valence-corrected chi connectivity index (χ0v) is 10.9. The maximum Gasteiger partial charge on any atom is 0.0815 e. The number of nitrogens with zero attached hydrogens (tertiary/aromatic N) is 2. The molecule has 0 aliphatic rings. The number of rotatable bonds is 2. The molecule has 2 rings (SSSR count). The summed E-state index contributed by atoms with van der Waals surface area (Å²) in [5.41, 5.74) is 8.43. The maximum absolute atomic E-state index is 5.98. The number of benzene rings is 1. The molecule has 1 aromatic heterocycles. The van der Waals surface area contributed by atoms with Crippen molar-refractivity contribution in [2.75, 3.05) is 6.54 Å². The van der Waals surface area contributed by atoms with Crippen LogP contribution in [-0.2, 0) is 6.54 Å². The molecule has 1 heterocycles. The normalized spacial score (nSPS) is 9.94.